The summed E-state index contributed by atoms with van der Waals surface area (Å²) in [6.45, 7) is 2.15. The molecule has 19 heavy (non-hydrogen) atoms. The first kappa shape index (κ1) is 13.2. The Kier molecular flexibility index (Phi) is 3.63. The fourth-order valence-corrected chi connectivity index (χ4v) is 1.97. The maximum Gasteiger partial charge on any atom is 0.142 e. The molecule has 2 N–H and O–H groups in total. The van der Waals surface area contributed by atoms with Gasteiger partial charge in [-0.05, 0) is 25.1 Å². The summed E-state index contributed by atoms with van der Waals surface area (Å²) in [5.74, 6) is 0.526. The first-order valence-corrected chi connectivity index (χ1v) is 6.01. The van der Waals surface area contributed by atoms with Crippen molar-refractivity contribution in [2.75, 3.05) is 5.73 Å². The highest BCUT2D eigenvalue weighted by Gasteiger charge is 2.12. The Balaban J connectivity index is 2.17. The van der Waals surface area contributed by atoms with Gasteiger partial charge in [0.15, 0.2) is 0 Å². The van der Waals surface area contributed by atoms with E-state index in [2.05, 4.69) is 5.10 Å². The zero-order valence-corrected chi connectivity index (χ0v) is 11.4. The molecule has 0 radical (unpaired) electrons. The molecule has 0 bridgehead atoms. The number of nitrogen functional groups attached to an aromatic ring is 1. The molecule has 0 spiro atoms. The number of hydrogen-bond acceptors (Lipinski definition) is 4. The van der Waals surface area contributed by atoms with Crippen molar-refractivity contribution in [1.29, 1.82) is 5.26 Å². The third-order valence-electron chi connectivity index (χ3n) is 2.78. The first-order chi connectivity index (χ1) is 9.02. The van der Waals surface area contributed by atoms with Gasteiger partial charge in [-0.3, -0.25) is 4.68 Å². The Morgan fingerprint density at radius 1 is 1.53 bits per heavy atom. The van der Waals surface area contributed by atoms with Crippen LogP contribution >= 0.6 is 11.6 Å². The van der Waals surface area contributed by atoms with E-state index in [9.17, 15) is 0 Å². The number of nitrogens with two attached hydrogens (primary N) is 1. The Bertz CT molecular complexity index is 657. The fraction of sp³-hybridized carbons (Fsp3) is 0.231. The molecular formula is C13H13ClN4O. The predicted molar refractivity (Wildman–Crippen MR) is 72.9 cm³/mol. The highest BCUT2D eigenvalue weighted by atomic mass is 35.5. The van der Waals surface area contributed by atoms with Crippen molar-refractivity contribution in [3.05, 3.63) is 40.2 Å². The molecular weight excluding hydrogens is 264 g/mol. The molecule has 0 saturated heterocycles. The molecule has 98 valence electrons. The normalized spacial score (nSPS) is 10.2. The average molecular weight is 277 g/mol. The number of benzene rings is 1. The summed E-state index contributed by atoms with van der Waals surface area (Å²) in [6, 6.07) is 6.93. The van der Waals surface area contributed by atoms with E-state index in [0.29, 0.717) is 22.2 Å². The van der Waals surface area contributed by atoms with E-state index in [1.807, 2.05) is 13.0 Å². The van der Waals surface area contributed by atoms with Gasteiger partial charge in [0.25, 0.3) is 0 Å². The number of rotatable bonds is 3. The molecule has 0 aliphatic carbocycles. The van der Waals surface area contributed by atoms with Gasteiger partial charge in [-0.25, -0.2) is 0 Å². The summed E-state index contributed by atoms with van der Waals surface area (Å²) in [7, 11) is 1.77. The van der Waals surface area contributed by atoms with Crippen LogP contribution in [0.15, 0.2) is 18.2 Å². The van der Waals surface area contributed by atoms with Crippen LogP contribution in [0.3, 0.4) is 0 Å². The smallest absolute Gasteiger partial charge is 0.142 e. The lowest BCUT2D eigenvalue weighted by atomic mass is 10.2. The monoisotopic (exact) mass is 276 g/mol. The van der Waals surface area contributed by atoms with E-state index in [0.717, 1.165) is 11.3 Å². The summed E-state index contributed by atoms with van der Waals surface area (Å²) in [6.07, 6.45) is 0. The molecule has 1 aromatic heterocycles. The van der Waals surface area contributed by atoms with Crippen LogP contribution in [0.1, 0.15) is 16.8 Å². The van der Waals surface area contributed by atoms with Crippen molar-refractivity contribution in [2.45, 2.75) is 13.5 Å². The van der Waals surface area contributed by atoms with E-state index >= 15 is 0 Å². The van der Waals surface area contributed by atoms with Crippen molar-refractivity contribution < 1.29 is 4.74 Å². The van der Waals surface area contributed by atoms with Crippen LogP contribution in [0.5, 0.6) is 5.75 Å². The molecule has 0 atom stereocenters. The van der Waals surface area contributed by atoms with Gasteiger partial charge >= 0.3 is 0 Å². The van der Waals surface area contributed by atoms with Gasteiger partial charge in [-0.15, -0.1) is 0 Å². The van der Waals surface area contributed by atoms with E-state index in [1.54, 1.807) is 29.9 Å². The molecule has 0 fully saturated rings. The van der Waals surface area contributed by atoms with E-state index in [1.165, 1.54) is 0 Å². The highest BCUT2D eigenvalue weighted by Crippen LogP contribution is 2.25. The Hall–Kier alpha value is -2.19. The maximum atomic E-state index is 8.76. The molecule has 0 saturated carbocycles. The molecule has 0 aliphatic rings. The first-order valence-electron chi connectivity index (χ1n) is 5.63. The largest absolute Gasteiger partial charge is 0.487 e. The minimum Gasteiger partial charge on any atom is -0.487 e. The van der Waals surface area contributed by atoms with E-state index < -0.39 is 0 Å². The lowest BCUT2D eigenvalue weighted by molar-refractivity contribution is 0.307. The summed E-state index contributed by atoms with van der Waals surface area (Å²) in [4.78, 5) is 0. The maximum absolute atomic E-state index is 8.76. The van der Waals surface area contributed by atoms with Crippen LogP contribution in [0.2, 0.25) is 5.15 Å². The zero-order valence-electron chi connectivity index (χ0n) is 10.6. The van der Waals surface area contributed by atoms with Crippen LogP contribution in [-0.2, 0) is 13.7 Å². The molecule has 6 heteroatoms. The van der Waals surface area contributed by atoms with Crippen molar-refractivity contribution in [2.24, 2.45) is 7.05 Å². The van der Waals surface area contributed by atoms with Crippen molar-refractivity contribution >= 4 is 17.3 Å². The summed E-state index contributed by atoms with van der Waals surface area (Å²) in [5, 5.41) is 13.5. The van der Waals surface area contributed by atoms with Gasteiger partial charge in [-0.2, -0.15) is 10.4 Å². The number of ether oxygens (including phenoxy) is 1. The molecule has 1 aromatic carbocycles. The van der Waals surface area contributed by atoms with Gasteiger partial charge in [0.2, 0.25) is 0 Å². The van der Waals surface area contributed by atoms with Crippen LogP contribution < -0.4 is 10.5 Å². The SMILES string of the molecule is Cc1nn(C)c(Cl)c1COc1ccc(C#N)cc1N. The van der Waals surface area contributed by atoms with Gasteiger partial charge < -0.3 is 10.5 Å². The standard InChI is InChI=1S/C13H13ClN4O/c1-8-10(13(14)18(2)17-8)7-19-12-4-3-9(6-15)5-11(12)16/h3-5H,7,16H2,1-2H3. The van der Waals surface area contributed by atoms with Gasteiger partial charge in [0.05, 0.1) is 23.0 Å². The number of nitrogens with zero attached hydrogens (tertiary/aromatic N) is 3. The van der Waals surface area contributed by atoms with E-state index in [4.69, 9.17) is 27.3 Å². The molecule has 2 rings (SSSR count). The molecule has 0 amide bonds. The van der Waals surface area contributed by atoms with Crippen LogP contribution in [0.4, 0.5) is 5.69 Å². The highest BCUT2D eigenvalue weighted by molar-refractivity contribution is 6.30. The molecule has 0 aliphatic heterocycles. The Labute approximate surface area is 116 Å². The lowest BCUT2D eigenvalue weighted by Gasteiger charge is -2.08. The van der Waals surface area contributed by atoms with Gasteiger partial charge in [0.1, 0.15) is 17.5 Å². The number of aryl methyl sites for hydroxylation is 2. The van der Waals surface area contributed by atoms with Gasteiger partial charge in [-0.1, -0.05) is 11.6 Å². The minimum atomic E-state index is 0.286. The second-order valence-electron chi connectivity index (χ2n) is 4.13. The molecule has 1 heterocycles. The Morgan fingerprint density at radius 3 is 2.79 bits per heavy atom. The van der Waals surface area contributed by atoms with Crippen molar-refractivity contribution in [1.82, 2.24) is 9.78 Å². The second-order valence-corrected chi connectivity index (χ2v) is 4.49. The fourth-order valence-electron chi connectivity index (χ4n) is 1.74. The average Bonchev–Trinajstić information content (AvgIpc) is 2.62. The van der Waals surface area contributed by atoms with Crippen LogP contribution in [-0.4, -0.2) is 9.78 Å². The number of aromatic nitrogens is 2. The zero-order chi connectivity index (χ0) is 14.0. The third-order valence-corrected chi connectivity index (χ3v) is 3.25. The third kappa shape index (κ3) is 2.64. The molecule has 0 unspecified atom stereocenters. The summed E-state index contributed by atoms with van der Waals surface area (Å²) in [5.41, 5.74) is 8.39. The topological polar surface area (TPSA) is 76.9 Å². The molecule has 2 aromatic rings. The molecule has 5 nitrogen and oxygen atoms in total. The Morgan fingerprint density at radius 2 is 2.26 bits per heavy atom. The summed E-state index contributed by atoms with van der Waals surface area (Å²) < 4.78 is 7.22. The van der Waals surface area contributed by atoms with Crippen LogP contribution in [0, 0.1) is 18.3 Å². The van der Waals surface area contributed by atoms with Crippen LogP contribution in [0.25, 0.3) is 0 Å². The number of hydrogen-bond donors (Lipinski definition) is 1. The van der Waals surface area contributed by atoms with Crippen molar-refractivity contribution in [3.8, 4) is 11.8 Å². The number of nitriles is 1. The van der Waals surface area contributed by atoms with Crippen molar-refractivity contribution in [3.63, 3.8) is 0 Å². The lowest BCUT2D eigenvalue weighted by Crippen LogP contribution is -2.00. The second kappa shape index (κ2) is 5.21. The quantitative estimate of drug-likeness (QED) is 0.874. The van der Waals surface area contributed by atoms with E-state index in [-0.39, 0.29) is 6.61 Å². The summed E-state index contributed by atoms with van der Waals surface area (Å²) >= 11 is 6.11. The predicted octanol–water partition coefficient (Wildman–Crippen LogP) is 2.41. The van der Waals surface area contributed by atoms with Gasteiger partial charge in [0, 0.05) is 12.6 Å². The minimum absolute atomic E-state index is 0.286. The number of halogens is 1. The number of anilines is 1.